The van der Waals surface area contributed by atoms with Crippen LogP contribution in [0.4, 0.5) is 0 Å². The predicted octanol–water partition coefficient (Wildman–Crippen LogP) is 1.62. The number of hydrogen-bond donors (Lipinski definition) is 3. The Morgan fingerprint density at radius 2 is 1.36 bits per heavy atom. The van der Waals surface area contributed by atoms with E-state index in [2.05, 4.69) is 19.7 Å². The first-order chi connectivity index (χ1) is 6.47. The van der Waals surface area contributed by atoms with Gasteiger partial charge in [-0.15, -0.1) is 4.83 Å². The van der Waals surface area contributed by atoms with Gasteiger partial charge in [0.1, 0.15) is 0 Å². The summed E-state index contributed by atoms with van der Waals surface area (Å²) in [7, 11) is -4.13. The van der Waals surface area contributed by atoms with E-state index in [-0.39, 0.29) is 0 Å². The van der Waals surface area contributed by atoms with Crippen LogP contribution in [0.1, 0.15) is 52.4 Å². The highest BCUT2D eigenvalue weighted by atomic mass is 32.2. The molecular formula is C8H22N2O3S. The number of nitrogens with two attached hydrogens (primary N) is 1. The first-order valence-electron chi connectivity index (χ1n) is 4.92. The largest absolute Gasteiger partial charge is 0.346 e. The first-order valence-corrected chi connectivity index (χ1v) is 6.36. The Labute approximate surface area is 86.9 Å². The molecule has 14 heavy (non-hydrogen) atoms. The molecule has 0 saturated heterocycles. The molecule has 0 aliphatic rings. The lowest BCUT2D eigenvalue weighted by Gasteiger charge is -1.93. The van der Waals surface area contributed by atoms with Gasteiger partial charge in [0.05, 0.1) is 0 Å². The average Bonchev–Trinajstić information content (AvgIpc) is 2.13. The van der Waals surface area contributed by atoms with Gasteiger partial charge in [-0.1, -0.05) is 52.4 Å². The summed E-state index contributed by atoms with van der Waals surface area (Å²) >= 11 is 0. The summed E-state index contributed by atoms with van der Waals surface area (Å²) < 4.78 is 26.2. The van der Waals surface area contributed by atoms with E-state index in [9.17, 15) is 8.42 Å². The Morgan fingerprint density at radius 1 is 1.07 bits per heavy atom. The maximum Gasteiger partial charge on any atom is 0.346 e. The summed E-state index contributed by atoms with van der Waals surface area (Å²) in [6, 6.07) is 0. The summed E-state index contributed by atoms with van der Waals surface area (Å²) in [4.78, 5) is 1.13. The molecule has 4 N–H and O–H groups in total. The van der Waals surface area contributed by atoms with Crippen LogP contribution >= 0.6 is 0 Å². The van der Waals surface area contributed by atoms with E-state index in [0.29, 0.717) is 0 Å². The van der Waals surface area contributed by atoms with E-state index < -0.39 is 10.3 Å². The monoisotopic (exact) mass is 226 g/mol. The van der Waals surface area contributed by atoms with Crippen molar-refractivity contribution in [2.45, 2.75) is 52.4 Å². The standard InChI is InChI=1S/C8H18.H4N2O3S/c1-3-5-7-8-6-4-2;1-2-6(3,4)5/h3-8H2,1-2H3;2H,1H2,(H,3,4,5). The van der Waals surface area contributed by atoms with E-state index in [1.807, 2.05) is 0 Å². The van der Waals surface area contributed by atoms with Crippen molar-refractivity contribution < 1.29 is 13.0 Å². The lowest BCUT2D eigenvalue weighted by atomic mass is 10.1. The SMILES string of the molecule is CCCCCCCC.NNS(=O)(=O)O. The zero-order valence-corrected chi connectivity index (χ0v) is 9.81. The molecule has 0 saturated carbocycles. The van der Waals surface area contributed by atoms with Crippen LogP contribution in [0.15, 0.2) is 0 Å². The number of nitrogens with one attached hydrogen (secondary N) is 1. The van der Waals surface area contributed by atoms with Gasteiger partial charge in [-0.25, -0.2) is 0 Å². The molecule has 5 nitrogen and oxygen atoms in total. The lowest BCUT2D eigenvalue weighted by molar-refractivity contribution is 0.469. The van der Waals surface area contributed by atoms with Gasteiger partial charge in [-0.3, -0.25) is 10.4 Å². The maximum atomic E-state index is 9.32. The highest BCUT2D eigenvalue weighted by Gasteiger charge is 1.92. The summed E-state index contributed by atoms with van der Waals surface area (Å²) in [6.45, 7) is 4.51. The molecule has 0 amide bonds. The molecule has 0 aromatic rings. The molecule has 0 bridgehead atoms. The molecule has 6 heteroatoms. The summed E-state index contributed by atoms with van der Waals surface area (Å²) in [5.41, 5.74) is 0. The molecule has 88 valence electrons. The number of hydrogen-bond acceptors (Lipinski definition) is 3. The lowest BCUT2D eigenvalue weighted by Crippen LogP contribution is -2.29. The van der Waals surface area contributed by atoms with Gasteiger partial charge < -0.3 is 0 Å². The molecule has 0 rings (SSSR count). The Hall–Kier alpha value is -0.170. The molecule has 0 unspecified atom stereocenters. The van der Waals surface area contributed by atoms with Crippen LogP contribution < -0.4 is 10.7 Å². The zero-order chi connectivity index (χ0) is 11.4. The van der Waals surface area contributed by atoms with Gasteiger partial charge in [0.25, 0.3) is 0 Å². The minimum Gasteiger partial charge on any atom is -0.273 e. The average molecular weight is 226 g/mol. The van der Waals surface area contributed by atoms with Crippen molar-refractivity contribution in [1.82, 2.24) is 4.83 Å². The van der Waals surface area contributed by atoms with Gasteiger partial charge in [-0.05, 0) is 0 Å². The van der Waals surface area contributed by atoms with Crippen molar-refractivity contribution in [2.75, 3.05) is 0 Å². The molecular weight excluding hydrogens is 204 g/mol. The molecule has 0 radical (unpaired) electrons. The Bertz CT molecular complexity index is 187. The van der Waals surface area contributed by atoms with Crippen LogP contribution in [0.3, 0.4) is 0 Å². The van der Waals surface area contributed by atoms with Gasteiger partial charge in [-0.2, -0.15) is 8.42 Å². The maximum absolute atomic E-state index is 9.32. The molecule has 0 spiro atoms. The van der Waals surface area contributed by atoms with Crippen LogP contribution in [-0.4, -0.2) is 13.0 Å². The number of rotatable bonds is 6. The van der Waals surface area contributed by atoms with Crippen LogP contribution in [0, 0.1) is 0 Å². The fourth-order valence-corrected chi connectivity index (χ4v) is 0.854. The smallest absolute Gasteiger partial charge is 0.273 e. The van der Waals surface area contributed by atoms with Crippen molar-refractivity contribution in [2.24, 2.45) is 5.84 Å². The fraction of sp³-hybridized carbons (Fsp3) is 1.00. The van der Waals surface area contributed by atoms with E-state index in [1.54, 1.807) is 0 Å². The van der Waals surface area contributed by atoms with Gasteiger partial charge in [0.15, 0.2) is 0 Å². The molecule has 0 aliphatic heterocycles. The molecule has 0 atom stereocenters. The van der Waals surface area contributed by atoms with Crippen molar-refractivity contribution in [3.63, 3.8) is 0 Å². The Morgan fingerprint density at radius 3 is 1.50 bits per heavy atom. The van der Waals surface area contributed by atoms with Crippen LogP contribution in [0.5, 0.6) is 0 Å². The van der Waals surface area contributed by atoms with E-state index in [0.717, 1.165) is 4.83 Å². The minimum absolute atomic E-state index is 1.13. The van der Waals surface area contributed by atoms with Gasteiger partial charge >= 0.3 is 10.3 Å². The van der Waals surface area contributed by atoms with Gasteiger partial charge in [0.2, 0.25) is 0 Å². The normalized spacial score (nSPS) is 10.6. The van der Waals surface area contributed by atoms with Crippen LogP contribution in [0.25, 0.3) is 0 Å². The molecule has 0 aromatic heterocycles. The van der Waals surface area contributed by atoms with E-state index in [1.165, 1.54) is 38.5 Å². The third-order valence-electron chi connectivity index (χ3n) is 1.61. The Balaban J connectivity index is 0. The second-order valence-corrected chi connectivity index (χ2v) is 4.19. The predicted molar refractivity (Wildman–Crippen MR) is 57.9 cm³/mol. The summed E-state index contributed by atoms with van der Waals surface area (Å²) in [5, 5.41) is 0. The van der Waals surface area contributed by atoms with Crippen molar-refractivity contribution >= 4 is 10.3 Å². The Kier molecular flexibility index (Phi) is 12.7. The van der Waals surface area contributed by atoms with E-state index >= 15 is 0 Å². The van der Waals surface area contributed by atoms with Gasteiger partial charge in [0, 0.05) is 0 Å². The molecule has 0 fully saturated rings. The highest BCUT2D eigenvalue weighted by Crippen LogP contribution is 2.03. The quantitative estimate of drug-likeness (QED) is 0.278. The number of hydrazine groups is 1. The van der Waals surface area contributed by atoms with Crippen molar-refractivity contribution in [3.8, 4) is 0 Å². The summed E-state index contributed by atoms with van der Waals surface area (Å²) in [5.74, 6) is 4.22. The third kappa shape index (κ3) is 22.6. The molecule has 0 heterocycles. The summed E-state index contributed by atoms with van der Waals surface area (Å²) in [6.07, 6.45) is 8.49. The fourth-order valence-electron chi connectivity index (χ4n) is 0.854. The van der Waals surface area contributed by atoms with Crippen LogP contribution in [0.2, 0.25) is 0 Å². The topological polar surface area (TPSA) is 92.4 Å². The molecule has 0 aromatic carbocycles. The zero-order valence-electron chi connectivity index (χ0n) is 8.99. The number of unbranched alkanes of at least 4 members (excludes halogenated alkanes) is 5. The third-order valence-corrected chi connectivity index (χ3v) is 1.90. The highest BCUT2D eigenvalue weighted by molar-refractivity contribution is 7.83. The first kappa shape index (κ1) is 16.3. The second-order valence-electron chi connectivity index (χ2n) is 3.01. The second kappa shape index (κ2) is 10.9. The van der Waals surface area contributed by atoms with Crippen molar-refractivity contribution in [3.05, 3.63) is 0 Å². The minimum atomic E-state index is -4.13. The molecule has 0 aliphatic carbocycles. The van der Waals surface area contributed by atoms with Crippen LogP contribution in [-0.2, 0) is 10.3 Å². The van der Waals surface area contributed by atoms with E-state index in [4.69, 9.17) is 4.55 Å². The van der Waals surface area contributed by atoms with Crippen molar-refractivity contribution in [1.29, 1.82) is 0 Å².